The van der Waals surface area contributed by atoms with Crippen molar-refractivity contribution in [2.45, 2.75) is 39.5 Å². The van der Waals surface area contributed by atoms with E-state index in [1.807, 2.05) is 0 Å². The van der Waals surface area contributed by atoms with Gasteiger partial charge in [0.15, 0.2) is 0 Å². The minimum atomic E-state index is 0.544. The van der Waals surface area contributed by atoms with Crippen molar-refractivity contribution in [1.29, 1.82) is 0 Å². The highest BCUT2D eigenvalue weighted by molar-refractivity contribution is 5.05. The second-order valence-electron chi connectivity index (χ2n) is 4.80. The van der Waals surface area contributed by atoms with Crippen LogP contribution in [0.1, 0.15) is 39.5 Å². The van der Waals surface area contributed by atoms with Crippen LogP contribution in [0, 0.1) is 11.3 Å². The largest absolute Gasteiger partial charge is 0.330 e. The first-order chi connectivity index (χ1) is 5.55. The van der Waals surface area contributed by atoms with Gasteiger partial charge in [-0.3, -0.25) is 0 Å². The van der Waals surface area contributed by atoms with Crippen molar-refractivity contribution in [3.63, 3.8) is 0 Å². The fraction of sp³-hybridized carbons (Fsp3) is 0.818. The summed E-state index contributed by atoms with van der Waals surface area (Å²) in [7, 11) is 0. The van der Waals surface area contributed by atoms with E-state index >= 15 is 0 Å². The summed E-state index contributed by atoms with van der Waals surface area (Å²) in [5.41, 5.74) is 7.43. The smallest absolute Gasteiger partial charge is 0.00399 e. The lowest BCUT2D eigenvalue weighted by atomic mass is 9.88. The van der Waals surface area contributed by atoms with Gasteiger partial charge in [0.1, 0.15) is 0 Å². The van der Waals surface area contributed by atoms with Gasteiger partial charge in [-0.05, 0) is 43.6 Å². The average molecular weight is 167 g/mol. The molecule has 12 heavy (non-hydrogen) atoms. The molecule has 1 fully saturated rings. The van der Waals surface area contributed by atoms with E-state index in [-0.39, 0.29) is 0 Å². The fourth-order valence-electron chi connectivity index (χ4n) is 2.17. The van der Waals surface area contributed by atoms with Crippen LogP contribution in [0.5, 0.6) is 0 Å². The molecule has 1 nitrogen and oxygen atoms in total. The zero-order valence-corrected chi connectivity index (χ0v) is 8.40. The van der Waals surface area contributed by atoms with Crippen LogP contribution in [0.15, 0.2) is 12.2 Å². The predicted molar refractivity (Wildman–Crippen MR) is 53.9 cm³/mol. The van der Waals surface area contributed by atoms with Crippen molar-refractivity contribution in [2.75, 3.05) is 6.54 Å². The molecule has 1 aliphatic carbocycles. The van der Waals surface area contributed by atoms with Gasteiger partial charge in [0.05, 0.1) is 0 Å². The molecule has 2 N–H and O–H groups in total. The molecule has 0 saturated heterocycles. The Kier molecular flexibility index (Phi) is 2.94. The van der Waals surface area contributed by atoms with Crippen LogP contribution in [0.25, 0.3) is 0 Å². The molecule has 1 atom stereocenters. The molecule has 70 valence electrons. The molecule has 1 rings (SSSR count). The molecule has 0 aromatic carbocycles. The highest BCUT2D eigenvalue weighted by Gasteiger charge is 2.31. The average Bonchev–Trinajstić information content (AvgIpc) is 2.31. The van der Waals surface area contributed by atoms with Gasteiger partial charge in [-0.2, -0.15) is 0 Å². The Morgan fingerprint density at radius 1 is 1.58 bits per heavy atom. The Labute approximate surface area is 76.0 Å². The van der Waals surface area contributed by atoms with Crippen LogP contribution >= 0.6 is 0 Å². The lowest BCUT2D eigenvalue weighted by Gasteiger charge is -2.18. The quantitative estimate of drug-likeness (QED) is 0.643. The molecule has 0 radical (unpaired) electrons. The van der Waals surface area contributed by atoms with Crippen molar-refractivity contribution in [3.05, 3.63) is 12.2 Å². The van der Waals surface area contributed by atoms with E-state index < -0.39 is 0 Å². The Bertz CT molecular complexity index is 170. The Morgan fingerprint density at radius 3 is 2.67 bits per heavy atom. The molecule has 1 aliphatic rings. The number of hydrogen-bond acceptors (Lipinski definition) is 1. The zero-order valence-electron chi connectivity index (χ0n) is 8.40. The summed E-state index contributed by atoms with van der Waals surface area (Å²) in [5.74, 6) is 0.753. The lowest BCUT2D eigenvalue weighted by molar-refractivity contribution is 0.369. The highest BCUT2D eigenvalue weighted by Crippen LogP contribution is 2.43. The molecule has 0 amide bonds. The van der Waals surface area contributed by atoms with Gasteiger partial charge in [0.25, 0.3) is 0 Å². The Balaban J connectivity index is 2.41. The van der Waals surface area contributed by atoms with Crippen molar-refractivity contribution in [2.24, 2.45) is 17.1 Å². The summed E-state index contributed by atoms with van der Waals surface area (Å²) in [6.45, 7) is 9.57. The van der Waals surface area contributed by atoms with E-state index in [0.717, 1.165) is 18.9 Å². The normalized spacial score (nSPS) is 27.4. The molecular weight excluding hydrogens is 146 g/mol. The molecule has 0 aliphatic heterocycles. The maximum absolute atomic E-state index is 5.50. The second kappa shape index (κ2) is 3.61. The topological polar surface area (TPSA) is 26.0 Å². The van der Waals surface area contributed by atoms with Gasteiger partial charge in [-0.25, -0.2) is 0 Å². The molecule has 0 aromatic heterocycles. The number of rotatable bonds is 3. The maximum atomic E-state index is 5.50. The SMILES string of the molecule is C=C(CCN)C1CCC(C)(C)C1. The molecule has 0 bridgehead atoms. The molecule has 1 saturated carbocycles. The van der Waals surface area contributed by atoms with E-state index in [9.17, 15) is 0 Å². The minimum absolute atomic E-state index is 0.544. The summed E-state index contributed by atoms with van der Waals surface area (Å²) in [4.78, 5) is 0. The van der Waals surface area contributed by atoms with Crippen LogP contribution in [0.3, 0.4) is 0 Å². The van der Waals surface area contributed by atoms with Crippen LogP contribution in [0.4, 0.5) is 0 Å². The van der Waals surface area contributed by atoms with E-state index in [2.05, 4.69) is 20.4 Å². The first-order valence-electron chi connectivity index (χ1n) is 4.93. The summed E-state index contributed by atoms with van der Waals surface area (Å²) in [6.07, 6.45) is 5.00. The van der Waals surface area contributed by atoms with Gasteiger partial charge < -0.3 is 5.73 Å². The Hall–Kier alpha value is -0.300. The summed E-state index contributed by atoms with van der Waals surface area (Å²) in [6, 6.07) is 0. The number of nitrogens with two attached hydrogens (primary N) is 1. The Morgan fingerprint density at radius 2 is 2.25 bits per heavy atom. The summed E-state index contributed by atoms with van der Waals surface area (Å²) in [5, 5.41) is 0. The van der Waals surface area contributed by atoms with E-state index in [1.165, 1.54) is 24.8 Å². The molecule has 1 unspecified atom stereocenters. The van der Waals surface area contributed by atoms with Crippen molar-refractivity contribution in [3.8, 4) is 0 Å². The van der Waals surface area contributed by atoms with E-state index in [1.54, 1.807) is 0 Å². The van der Waals surface area contributed by atoms with Crippen LogP contribution < -0.4 is 5.73 Å². The van der Waals surface area contributed by atoms with Crippen molar-refractivity contribution >= 4 is 0 Å². The predicted octanol–water partition coefficient (Wildman–Crippen LogP) is 2.72. The minimum Gasteiger partial charge on any atom is -0.330 e. The summed E-state index contributed by atoms with van der Waals surface area (Å²) < 4.78 is 0. The third-order valence-electron chi connectivity index (χ3n) is 3.01. The molecular formula is C11H21N. The van der Waals surface area contributed by atoms with Crippen LogP contribution in [-0.2, 0) is 0 Å². The monoisotopic (exact) mass is 167 g/mol. The number of hydrogen-bond donors (Lipinski definition) is 1. The maximum Gasteiger partial charge on any atom is -0.00399 e. The first kappa shape index (κ1) is 9.79. The van der Waals surface area contributed by atoms with E-state index in [4.69, 9.17) is 5.73 Å². The fourth-order valence-corrected chi connectivity index (χ4v) is 2.17. The molecule has 0 aromatic rings. The molecule has 0 heterocycles. The van der Waals surface area contributed by atoms with Crippen LogP contribution in [0.2, 0.25) is 0 Å². The zero-order chi connectivity index (χ0) is 9.19. The standard InChI is InChI=1S/C11H21N/c1-9(5-7-12)10-4-6-11(2,3)8-10/h10H,1,4-8,12H2,2-3H3. The molecule has 1 heteroatoms. The third-order valence-corrected chi connectivity index (χ3v) is 3.01. The van der Waals surface area contributed by atoms with Crippen molar-refractivity contribution in [1.82, 2.24) is 0 Å². The third kappa shape index (κ3) is 2.34. The lowest BCUT2D eigenvalue weighted by Crippen LogP contribution is -2.08. The van der Waals surface area contributed by atoms with Crippen LogP contribution in [-0.4, -0.2) is 6.54 Å². The van der Waals surface area contributed by atoms with Gasteiger partial charge in [-0.1, -0.05) is 26.0 Å². The summed E-state index contributed by atoms with van der Waals surface area (Å²) >= 11 is 0. The van der Waals surface area contributed by atoms with Gasteiger partial charge >= 0.3 is 0 Å². The van der Waals surface area contributed by atoms with Gasteiger partial charge in [0.2, 0.25) is 0 Å². The highest BCUT2D eigenvalue weighted by atomic mass is 14.5. The van der Waals surface area contributed by atoms with Gasteiger partial charge in [0, 0.05) is 0 Å². The molecule has 0 spiro atoms. The first-order valence-corrected chi connectivity index (χ1v) is 4.93. The van der Waals surface area contributed by atoms with Gasteiger partial charge in [-0.15, -0.1) is 0 Å². The van der Waals surface area contributed by atoms with E-state index in [0.29, 0.717) is 5.41 Å². The second-order valence-corrected chi connectivity index (χ2v) is 4.80. The van der Waals surface area contributed by atoms with Crippen molar-refractivity contribution < 1.29 is 0 Å².